The van der Waals surface area contributed by atoms with Crippen LogP contribution in [0, 0.1) is 0 Å². The van der Waals surface area contributed by atoms with Gasteiger partial charge in [0.2, 0.25) is 10.0 Å². The van der Waals surface area contributed by atoms with Crippen LogP contribution in [0.15, 0.2) is 35.4 Å². The third-order valence-electron chi connectivity index (χ3n) is 2.50. The van der Waals surface area contributed by atoms with E-state index in [1.165, 1.54) is 29.1 Å². The van der Waals surface area contributed by atoms with Crippen molar-refractivity contribution in [3.05, 3.63) is 41.2 Å². The highest BCUT2D eigenvalue weighted by Gasteiger charge is 2.14. The lowest BCUT2D eigenvalue weighted by Crippen LogP contribution is -2.27. The summed E-state index contributed by atoms with van der Waals surface area (Å²) in [4.78, 5) is 10.7. The molecule has 0 radical (unpaired) electrons. The molecule has 0 aliphatic heterocycles. The SMILES string of the molecule is O=C(O)c1cn(CCNS(=O)(=O)c2cccc(Cl)c2)nn1. The Hall–Kier alpha value is -1.97. The van der Waals surface area contributed by atoms with E-state index >= 15 is 0 Å². The Kier molecular flexibility index (Phi) is 4.56. The monoisotopic (exact) mass is 330 g/mol. The maximum atomic E-state index is 12.0. The van der Waals surface area contributed by atoms with Crippen molar-refractivity contribution in [3.63, 3.8) is 0 Å². The predicted molar refractivity (Wildman–Crippen MR) is 73.6 cm³/mol. The lowest BCUT2D eigenvalue weighted by atomic mass is 10.4. The number of carbonyl (C=O) groups is 1. The Labute approximate surface area is 125 Å². The minimum atomic E-state index is -3.67. The Morgan fingerprint density at radius 2 is 2.19 bits per heavy atom. The normalized spacial score (nSPS) is 11.5. The topological polar surface area (TPSA) is 114 Å². The number of carboxylic acid groups (broad SMARTS) is 1. The highest BCUT2D eigenvalue weighted by molar-refractivity contribution is 7.89. The van der Waals surface area contributed by atoms with Crippen molar-refractivity contribution in [1.82, 2.24) is 19.7 Å². The number of aromatic carboxylic acids is 1. The van der Waals surface area contributed by atoms with Gasteiger partial charge >= 0.3 is 5.97 Å². The largest absolute Gasteiger partial charge is 0.476 e. The van der Waals surface area contributed by atoms with Crippen LogP contribution in [0.5, 0.6) is 0 Å². The predicted octanol–water partition coefficient (Wildman–Crippen LogP) is 0.608. The molecular formula is C11H11ClN4O4S. The lowest BCUT2D eigenvalue weighted by Gasteiger charge is -2.06. The molecule has 0 aliphatic carbocycles. The summed E-state index contributed by atoms with van der Waals surface area (Å²) in [7, 11) is -3.67. The zero-order chi connectivity index (χ0) is 15.5. The molecule has 0 amide bonds. The second kappa shape index (κ2) is 6.20. The summed E-state index contributed by atoms with van der Waals surface area (Å²) in [5, 5.41) is 16.0. The van der Waals surface area contributed by atoms with E-state index in [9.17, 15) is 13.2 Å². The zero-order valence-electron chi connectivity index (χ0n) is 10.6. The summed E-state index contributed by atoms with van der Waals surface area (Å²) >= 11 is 5.74. The van der Waals surface area contributed by atoms with Crippen LogP contribution in [-0.2, 0) is 16.6 Å². The van der Waals surface area contributed by atoms with Gasteiger partial charge in [-0.15, -0.1) is 5.10 Å². The van der Waals surface area contributed by atoms with Crippen molar-refractivity contribution in [3.8, 4) is 0 Å². The van der Waals surface area contributed by atoms with E-state index in [4.69, 9.17) is 16.7 Å². The van der Waals surface area contributed by atoms with E-state index in [1.54, 1.807) is 6.07 Å². The second-order valence-electron chi connectivity index (χ2n) is 4.03. The van der Waals surface area contributed by atoms with Gasteiger partial charge in [0.25, 0.3) is 0 Å². The second-order valence-corrected chi connectivity index (χ2v) is 6.23. The summed E-state index contributed by atoms with van der Waals surface area (Å²) in [6, 6.07) is 5.87. The third kappa shape index (κ3) is 4.00. The summed E-state index contributed by atoms with van der Waals surface area (Å²) in [5.41, 5.74) is -0.201. The molecule has 10 heteroatoms. The van der Waals surface area contributed by atoms with E-state index in [0.717, 1.165) is 0 Å². The molecule has 1 heterocycles. The quantitative estimate of drug-likeness (QED) is 0.802. The maximum Gasteiger partial charge on any atom is 0.358 e. The maximum absolute atomic E-state index is 12.0. The number of rotatable bonds is 6. The molecule has 0 fully saturated rings. The van der Waals surface area contributed by atoms with Crippen molar-refractivity contribution in [1.29, 1.82) is 0 Å². The summed E-state index contributed by atoms with van der Waals surface area (Å²) < 4.78 is 27.6. The van der Waals surface area contributed by atoms with Crippen LogP contribution in [0.4, 0.5) is 0 Å². The Morgan fingerprint density at radius 3 is 2.81 bits per heavy atom. The molecule has 1 aromatic carbocycles. The number of hydrogen-bond donors (Lipinski definition) is 2. The fourth-order valence-electron chi connectivity index (χ4n) is 1.52. The van der Waals surface area contributed by atoms with Crippen molar-refractivity contribution < 1.29 is 18.3 Å². The molecule has 0 saturated carbocycles. The molecule has 2 rings (SSSR count). The zero-order valence-corrected chi connectivity index (χ0v) is 12.2. The highest BCUT2D eigenvalue weighted by atomic mass is 35.5. The fraction of sp³-hybridized carbons (Fsp3) is 0.182. The first-order valence-corrected chi connectivity index (χ1v) is 7.63. The molecule has 1 aromatic heterocycles. The molecule has 21 heavy (non-hydrogen) atoms. The van der Waals surface area contributed by atoms with Gasteiger partial charge < -0.3 is 5.11 Å². The average Bonchev–Trinajstić information content (AvgIpc) is 2.87. The molecule has 2 aromatic rings. The summed E-state index contributed by atoms with van der Waals surface area (Å²) in [5.74, 6) is -1.19. The number of aromatic nitrogens is 3. The van der Waals surface area contributed by atoms with Crippen LogP contribution in [0.1, 0.15) is 10.5 Å². The van der Waals surface area contributed by atoms with Gasteiger partial charge in [-0.1, -0.05) is 22.9 Å². The van der Waals surface area contributed by atoms with Gasteiger partial charge in [0.15, 0.2) is 5.69 Å². The Bertz CT molecular complexity index is 759. The molecule has 0 atom stereocenters. The molecule has 112 valence electrons. The van der Waals surface area contributed by atoms with Crippen molar-refractivity contribution >= 4 is 27.6 Å². The number of carboxylic acids is 1. The Morgan fingerprint density at radius 1 is 1.43 bits per heavy atom. The number of halogens is 1. The van der Waals surface area contributed by atoms with Crippen molar-refractivity contribution in [2.24, 2.45) is 0 Å². The van der Waals surface area contributed by atoms with Gasteiger partial charge in [-0.3, -0.25) is 4.68 Å². The number of benzene rings is 1. The Balaban J connectivity index is 1.97. The molecule has 2 N–H and O–H groups in total. The van der Waals surface area contributed by atoms with Crippen LogP contribution >= 0.6 is 11.6 Å². The van der Waals surface area contributed by atoms with E-state index in [2.05, 4.69) is 15.0 Å². The van der Waals surface area contributed by atoms with Gasteiger partial charge in [-0.05, 0) is 18.2 Å². The van der Waals surface area contributed by atoms with E-state index in [1.807, 2.05) is 0 Å². The average molecular weight is 331 g/mol. The first-order chi connectivity index (χ1) is 9.88. The van der Waals surface area contributed by atoms with Crippen LogP contribution in [0.2, 0.25) is 5.02 Å². The van der Waals surface area contributed by atoms with Crippen LogP contribution in [-0.4, -0.2) is 41.0 Å². The molecule has 0 saturated heterocycles. The molecule has 8 nitrogen and oxygen atoms in total. The minimum Gasteiger partial charge on any atom is -0.476 e. The minimum absolute atomic E-state index is 0.0390. The molecule has 0 aliphatic rings. The summed E-state index contributed by atoms with van der Waals surface area (Å²) in [6.07, 6.45) is 1.22. The van der Waals surface area contributed by atoms with E-state index < -0.39 is 16.0 Å². The van der Waals surface area contributed by atoms with Crippen LogP contribution in [0.25, 0.3) is 0 Å². The van der Waals surface area contributed by atoms with Crippen molar-refractivity contribution in [2.75, 3.05) is 6.54 Å². The van der Waals surface area contributed by atoms with Crippen LogP contribution in [0.3, 0.4) is 0 Å². The number of hydrogen-bond acceptors (Lipinski definition) is 5. The first kappa shape index (κ1) is 15.4. The molecular weight excluding hydrogens is 320 g/mol. The van der Waals surface area contributed by atoms with E-state index in [0.29, 0.717) is 5.02 Å². The number of nitrogens with one attached hydrogen (secondary N) is 1. The number of nitrogens with zero attached hydrogens (tertiary/aromatic N) is 3. The van der Waals surface area contributed by atoms with Gasteiger partial charge in [0, 0.05) is 11.6 Å². The fourth-order valence-corrected chi connectivity index (χ4v) is 2.84. The molecule has 0 spiro atoms. The third-order valence-corrected chi connectivity index (χ3v) is 4.19. The van der Waals surface area contributed by atoms with Gasteiger partial charge in [-0.2, -0.15) is 0 Å². The van der Waals surface area contributed by atoms with E-state index in [-0.39, 0.29) is 23.7 Å². The first-order valence-electron chi connectivity index (χ1n) is 5.77. The number of sulfonamides is 1. The molecule has 0 bridgehead atoms. The molecule has 0 unspecified atom stereocenters. The lowest BCUT2D eigenvalue weighted by molar-refractivity contribution is 0.0690. The highest BCUT2D eigenvalue weighted by Crippen LogP contribution is 2.14. The van der Waals surface area contributed by atoms with Gasteiger partial charge in [0.05, 0.1) is 17.6 Å². The van der Waals surface area contributed by atoms with Crippen molar-refractivity contribution in [2.45, 2.75) is 11.4 Å². The standard InChI is InChI=1S/C11H11ClN4O4S/c12-8-2-1-3-9(6-8)21(19,20)13-4-5-16-7-10(11(17)18)14-15-16/h1-3,6-7,13H,4-5H2,(H,17,18). The van der Waals surface area contributed by atoms with Gasteiger partial charge in [0.1, 0.15) is 0 Å². The summed E-state index contributed by atoms with van der Waals surface area (Å²) in [6.45, 7) is 0.192. The smallest absolute Gasteiger partial charge is 0.358 e. The van der Waals surface area contributed by atoms with Gasteiger partial charge in [-0.25, -0.2) is 17.9 Å². The van der Waals surface area contributed by atoms with Crippen LogP contribution < -0.4 is 4.72 Å².